The predicted octanol–water partition coefficient (Wildman–Crippen LogP) is 31.3. The Morgan fingerprint density at radius 3 is 0.800 bits per heavy atom. The molecule has 2 saturated heterocycles. The number of hydrogen-bond acceptors (Lipinski definition) is 2. The highest BCUT2D eigenvalue weighted by Crippen LogP contribution is 2.74. The lowest BCUT2D eigenvalue weighted by molar-refractivity contribution is -0.162. The van der Waals surface area contributed by atoms with Crippen molar-refractivity contribution in [1.82, 2.24) is 9.80 Å². The Morgan fingerprint density at radius 1 is 0.183 bits per heavy atom. The van der Waals surface area contributed by atoms with Crippen LogP contribution in [0.2, 0.25) is 17.5 Å². The average molecular weight is 1570 g/mol. The molecule has 2 nitrogen and oxygen atoms in total. The van der Waals surface area contributed by atoms with E-state index in [-0.39, 0.29) is 0 Å². The van der Waals surface area contributed by atoms with Crippen molar-refractivity contribution in [1.29, 1.82) is 0 Å². The van der Waals surface area contributed by atoms with Gasteiger partial charge in [0.15, 0.2) is 6.71 Å². The van der Waals surface area contributed by atoms with Gasteiger partial charge in [-0.05, 0) is 395 Å². The highest BCUT2D eigenvalue weighted by molar-refractivity contribution is 6.65. The van der Waals surface area contributed by atoms with Crippen molar-refractivity contribution in [2.24, 2.45) is 211 Å². The molecule has 0 aromatic heterocycles. The molecule has 30 atom stereocenters. The van der Waals surface area contributed by atoms with E-state index in [0.717, 1.165) is 244 Å². The first-order valence-electron chi connectivity index (χ1n) is 54.7. The molecule has 30 unspecified atom stereocenters. The molecule has 20 fully saturated rings. The zero-order chi connectivity index (χ0) is 79.1. The molecule has 0 aromatic rings. The summed E-state index contributed by atoms with van der Waals surface area (Å²) in [7, 11) is 0. The van der Waals surface area contributed by atoms with Crippen LogP contribution in [0.3, 0.4) is 0 Å². The van der Waals surface area contributed by atoms with Gasteiger partial charge in [-0.2, -0.15) is 0 Å². The highest BCUT2D eigenvalue weighted by atomic mass is 15.3. The summed E-state index contributed by atoms with van der Waals surface area (Å²) in [6.07, 6.45) is 82.6. The van der Waals surface area contributed by atoms with Crippen LogP contribution in [-0.4, -0.2) is 52.8 Å². The molecule has 0 bridgehead atoms. The smallest absolute Gasteiger partial charge is 0.156 e. The lowest BCUT2D eigenvalue weighted by atomic mass is 9.18. The fourth-order valence-electron chi connectivity index (χ4n) is 40.9. The van der Waals surface area contributed by atoms with Crippen LogP contribution >= 0.6 is 0 Å². The Bertz CT molecular complexity index is 2960. The van der Waals surface area contributed by atoms with Crippen LogP contribution < -0.4 is 0 Å². The maximum absolute atomic E-state index is 4.06. The number of nitrogens with zero attached hydrogens (tertiary/aromatic N) is 2. The third-order valence-electron chi connectivity index (χ3n) is 46.0. The molecule has 20 aliphatic rings. The van der Waals surface area contributed by atoms with Crippen molar-refractivity contribution < 1.29 is 0 Å². The van der Waals surface area contributed by atoms with E-state index in [1.807, 2.05) is 0 Å². The highest BCUT2D eigenvalue weighted by Gasteiger charge is 2.71. The van der Waals surface area contributed by atoms with Gasteiger partial charge in [0.25, 0.3) is 0 Å². The van der Waals surface area contributed by atoms with Crippen LogP contribution in [0.1, 0.15) is 438 Å². The quantitative estimate of drug-likeness (QED) is 0.212. The molecule has 2 aliphatic heterocycles. The third-order valence-corrected chi connectivity index (χ3v) is 46.0. The minimum Gasteiger partial charge on any atom is -0.295 e. The van der Waals surface area contributed by atoms with E-state index < -0.39 is 0 Å². The van der Waals surface area contributed by atoms with Crippen LogP contribution in [-0.2, 0) is 0 Å². The number of rotatable bonds is 9. The Balaban J connectivity index is 0.765. The van der Waals surface area contributed by atoms with E-state index in [1.54, 1.807) is 295 Å². The number of hydrogen-bond donors (Lipinski definition) is 0. The van der Waals surface area contributed by atoms with Gasteiger partial charge in [0.1, 0.15) is 0 Å². The van der Waals surface area contributed by atoms with Gasteiger partial charge < -0.3 is 0 Å². The molecule has 3 heteroatoms. The summed E-state index contributed by atoms with van der Waals surface area (Å²) < 4.78 is 0. The van der Waals surface area contributed by atoms with Gasteiger partial charge in [-0.3, -0.25) is 9.80 Å². The Hall–Kier alpha value is -0.0151. The van der Waals surface area contributed by atoms with Gasteiger partial charge in [0.05, 0.1) is 0 Å². The van der Waals surface area contributed by atoms with Gasteiger partial charge in [0, 0.05) is 36.3 Å². The normalized spacial score (nSPS) is 50.3. The summed E-state index contributed by atoms with van der Waals surface area (Å²) >= 11 is 0. The Labute approximate surface area is 713 Å². The van der Waals surface area contributed by atoms with E-state index >= 15 is 0 Å². The van der Waals surface area contributed by atoms with Crippen molar-refractivity contribution in [3.63, 3.8) is 0 Å². The minimum atomic E-state index is 0.426. The second-order valence-electron chi connectivity index (χ2n) is 55.4. The SMILES string of the molecule is CC(C)(C)C1CCC(C2CC3C4B(C5CCC(C6CC7CC(C(C)(C)C)CC8CCC9CC(C(C)(C)C)CC6C9C87)CC5N3C3C(C5CCCCC5)CCCC3C3CCCCC3)C3CCC(C5CC6CC(C(C)(C)C)CC7CCC8CC(C(C)(C)C)CC5C8C76)CC3N(C3C(C5CCCCC5)CCCC3C3CCCCC3)C4C2)CC1. The summed E-state index contributed by atoms with van der Waals surface area (Å²) in [5.41, 5.74) is 2.17. The van der Waals surface area contributed by atoms with Crippen LogP contribution in [0.25, 0.3) is 0 Å². The lowest BCUT2D eigenvalue weighted by Gasteiger charge is -2.73. The topological polar surface area (TPSA) is 6.48 Å². The third kappa shape index (κ3) is 15.5. The molecule has 2 heterocycles. The fraction of sp³-hybridized carbons (Fsp3) is 1.00. The zero-order valence-electron chi connectivity index (χ0n) is 78.8. The summed E-state index contributed by atoms with van der Waals surface area (Å²) in [5.74, 6) is 33.3. The maximum atomic E-state index is 4.06. The van der Waals surface area contributed by atoms with Gasteiger partial charge in [-0.25, -0.2) is 0 Å². The summed E-state index contributed by atoms with van der Waals surface area (Å²) in [5, 5.41) is 0. The molecule has 0 radical (unpaired) electrons. The molecule has 650 valence electrons. The minimum absolute atomic E-state index is 0.426. The average Bonchev–Trinajstić information content (AvgIpc) is 0.686. The standard InChI is InChI=1S/C112H189BN2/c1-108(2,3)82-50-46-68(47-51-82)79-64-99-105-100(65-79)115(107-89(71-34-24-18-25-35-71)40-29-41-90(107)72-36-26-19-27-37-72)98-63-74(92-61-81-59-84(110(7,8)9)55-76-43-45-78-57-86(112(13,14)15)67-94(92)104(78)102(76)81)49-53-96(98)113(105)95-52-48-73(62-97(95)114(99)106-87(69-30-20-16-21-31-69)38-28-39-88(106)70-32-22-17-23-33-70)91-60-80-58-83(109(4,5)6)54-75-42-44-77-56-85(111(10,11)12)66-93(91)103(77)101(75)80/h68-107H,16-67H2,1-15H3. The Kier molecular flexibility index (Phi) is 23.7. The monoisotopic (exact) mass is 1570 g/mol. The first-order valence-corrected chi connectivity index (χ1v) is 54.7. The molecule has 20 rings (SSSR count). The molecule has 0 spiro atoms. The largest absolute Gasteiger partial charge is 0.295 e. The van der Waals surface area contributed by atoms with Gasteiger partial charge in [0.2, 0.25) is 0 Å². The van der Waals surface area contributed by atoms with Crippen molar-refractivity contribution in [2.75, 3.05) is 0 Å². The van der Waals surface area contributed by atoms with Crippen LogP contribution in [0, 0.1) is 211 Å². The second-order valence-corrected chi connectivity index (χ2v) is 55.4. The first-order chi connectivity index (χ1) is 55.2. The number of fused-ring (bicyclic) bond motifs is 4. The van der Waals surface area contributed by atoms with Crippen molar-refractivity contribution in [2.45, 2.75) is 491 Å². The molecule has 0 N–H and O–H groups in total. The van der Waals surface area contributed by atoms with Gasteiger partial charge in [-0.1, -0.05) is 271 Å². The van der Waals surface area contributed by atoms with E-state index in [0.29, 0.717) is 27.1 Å². The molecule has 115 heavy (non-hydrogen) atoms. The van der Waals surface area contributed by atoms with Gasteiger partial charge >= 0.3 is 0 Å². The Morgan fingerprint density at radius 2 is 0.470 bits per heavy atom. The van der Waals surface area contributed by atoms with Crippen LogP contribution in [0.4, 0.5) is 0 Å². The van der Waals surface area contributed by atoms with Crippen molar-refractivity contribution in [3.8, 4) is 0 Å². The summed E-state index contributed by atoms with van der Waals surface area (Å²) in [6.45, 7) is 41.7. The fourth-order valence-corrected chi connectivity index (χ4v) is 40.9. The zero-order valence-corrected chi connectivity index (χ0v) is 78.8. The van der Waals surface area contributed by atoms with Crippen molar-refractivity contribution in [3.05, 3.63) is 0 Å². The lowest BCUT2D eigenvalue weighted by Crippen LogP contribution is -2.77. The van der Waals surface area contributed by atoms with E-state index in [2.05, 4.69) is 114 Å². The summed E-state index contributed by atoms with van der Waals surface area (Å²) in [6, 6.07) is 5.08. The van der Waals surface area contributed by atoms with E-state index in [1.165, 1.54) is 38.5 Å². The molecule has 18 saturated carbocycles. The molecular formula is C112H189BN2. The first kappa shape index (κ1) is 83.2. The molecular weight excluding hydrogens is 1380 g/mol. The predicted molar refractivity (Wildman–Crippen MR) is 489 cm³/mol. The molecule has 0 amide bonds. The molecule has 0 aromatic carbocycles. The molecule has 18 aliphatic carbocycles. The second kappa shape index (κ2) is 32.7. The summed E-state index contributed by atoms with van der Waals surface area (Å²) in [4.78, 5) is 8.13. The van der Waals surface area contributed by atoms with Crippen LogP contribution in [0.15, 0.2) is 0 Å². The van der Waals surface area contributed by atoms with E-state index in [4.69, 9.17) is 0 Å². The van der Waals surface area contributed by atoms with Crippen molar-refractivity contribution >= 4 is 6.71 Å². The maximum Gasteiger partial charge on any atom is 0.156 e. The van der Waals surface area contributed by atoms with Gasteiger partial charge in [-0.15, -0.1) is 0 Å². The van der Waals surface area contributed by atoms with E-state index in [9.17, 15) is 0 Å². The van der Waals surface area contributed by atoms with Crippen LogP contribution in [0.5, 0.6) is 0 Å².